The van der Waals surface area contributed by atoms with Crippen LogP contribution in [-0.2, 0) is 11.2 Å². The SMILES string of the molecule is COc1ccc2c(c1)OC(=O)C[C@H](c1ccccc1)C2. The highest BCUT2D eigenvalue weighted by Gasteiger charge is 2.24. The van der Waals surface area contributed by atoms with Gasteiger partial charge in [-0.1, -0.05) is 36.4 Å². The Morgan fingerprint density at radius 3 is 2.65 bits per heavy atom. The lowest BCUT2D eigenvalue weighted by atomic mass is 9.90. The molecular formula is C17H16O3. The van der Waals surface area contributed by atoms with Crippen LogP contribution in [0.15, 0.2) is 48.5 Å². The van der Waals surface area contributed by atoms with Crippen molar-refractivity contribution in [3.8, 4) is 11.5 Å². The molecule has 1 atom stereocenters. The minimum Gasteiger partial charge on any atom is -0.497 e. The molecule has 102 valence electrons. The number of hydrogen-bond acceptors (Lipinski definition) is 3. The Hall–Kier alpha value is -2.29. The topological polar surface area (TPSA) is 35.5 Å². The smallest absolute Gasteiger partial charge is 0.311 e. The molecular weight excluding hydrogens is 252 g/mol. The highest BCUT2D eigenvalue weighted by atomic mass is 16.5. The molecule has 0 saturated heterocycles. The zero-order valence-electron chi connectivity index (χ0n) is 11.3. The second-order valence-corrected chi connectivity index (χ2v) is 4.96. The summed E-state index contributed by atoms with van der Waals surface area (Å²) >= 11 is 0. The molecule has 2 aromatic rings. The van der Waals surface area contributed by atoms with Crippen molar-refractivity contribution >= 4 is 5.97 Å². The molecule has 0 N–H and O–H groups in total. The maximum absolute atomic E-state index is 12.0. The van der Waals surface area contributed by atoms with Gasteiger partial charge in [-0.25, -0.2) is 0 Å². The fraction of sp³-hybridized carbons (Fsp3) is 0.235. The summed E-state index contributed by atoms with van der Waals surface area (Å²) in [5.74, 6) is 1.30. The lowest BCUT2D eigenvalue weighted by Gasteiger charge is -2.13. The van der Waals surface area contributed by atoms with Crippen molar-refractivity contribution in [1.29, 1.82) is 0 Å². The van der Waals surface area contributed by atoms with E-state index in [-0.39, 0.29) is 11.9 Å². The van der Waals surface area contributed by atoms with E-state index in [2.05, 4.69) is 12.1 Å². The van der Waals surface area contributed by atoms with Crippen LogP contribution < -0.4 is 9.47 Å². The number of hydrogen-bond donors (Lipinski definition) is 0. The largest absolute Gasteiger partial charge is 0.497 e. The first-order valence-electron chi connectivity index (χ1n) is 6.69. The van der Waals surface area contributed by atoms with Gasteiger partial charge in [-0.05, 0) is 29.5 Å². The molecule has 0 amide bonds. The van der Waals surface area contributed by atoms with Gasteiger partial charge in [-0.3, -0.25) is 4.79 Å². The van der Waals surface area contributed by atoms with Gasteiger partial charge in [0.1, 0.15) is 11.5 Å². The predicted molar refractivity (Wildman–Crippen MR) is 76.1 cm³/mol. The van der Waals surface area contributed by atoms with Gasteiger partial charge in [0.05, 0.1) is 13.5 Å². The molecule has 1 aliphatic rings. The van der Waals surface area contributed by atoms with Crippen molar-refractivity contribution in [2.24, 2.45) is 0 Å². The third-order valence-electron chi connectivity index (χ3n) is 3.65. The van der Waals surface area contributed by atoms with E-state index in [0.29, 0.717) is 17.9 Å². The maximum Gasteiger partial charge on any atom is 0.311 e. The molecule has 0 radical (unpaired) electrons. The molecule has 0 saturated carbocycles. The quantitative estimate of drug-likeness (QED) is 0.619. The lowest BCUT2D eigenvalue weighted by Crippen LogP contribution is -2.10. The van der Waals surface area contributed by atoms with Crippen LogP contribution in [0.2, 0.25) is 0 Å². The number of ether oxygens (including phenoxy) is 2. The molecule has 0 aromatic heterocycles. The number of carbonyl (C=O) groups excluding carboxylic acids is 1. The summed E-state index contributed by atoms with van der Waals surface area (Å²) in [6.45, 7) is 0. The minimum atomic E-state index is -0.189. The summed E-state index contributed by atoms with van der Waals surface area (Å²) < 4.78 is 10.6. The van der Waals surface area contributed by atoms with E-state index in [1.807, 2.05) is 30.3 Å². The molecule has 0 unspecified atom stereocenters. The van der Waals surface area contributed by atoms with E-state index in [4.69, 9.17) is 9.47 Å². The Morgan fingerprint density at radius 2 is 1.90 bits per heavy atom. The molecule has 3 nitrogen and oxygen atoms in total. The fourth-order valence-corrected chi connectivity index (χ4v) is 2.59. The number of carbonyl (C=O) groups is 1. The van der Waals surface area contributed by atoms with Gasteiger partial charge in [-0.2, -0.15) is 0 Å². The van der Waals surface area contributed by atoms with Crippen molar-refractivity contribution in [3.05, 3.63) is 59.7 Å². The van der Waals surface area contributed by atoms with E-state index in [0.717, 1.165) is 12.0 Å². The van der Waals surface area contributed by atoms with Crippen LogP contribution in [-0.4, -0.2) is 13.1 Å². The number of esters is 1. The molecule has 20 heavy (non-hydrogen) atoms. The van der Waals surface area contributed by atoms with Crippen LogP contribution in [0, 0.1) is 0 Å². The molecule has 3 rings (SSSR count). The van der Waals surface area contributed by atoms with Gasteiger partial charge in [0, 0.05) is 6.07 Å². The van der Waals surface area contributed by atoms with Gasteiger partial charge < -0.3 is 9.47 Å². The second kappa shape index (κ2) is 5.37. The standard InChI is InChI=1S/C17H16O3/c1-19-15-8-7-13-9-14(12-5-3-2-4-6-12)10-17(18)20-16(13)11-15/h2-8,11,14H,9-10H2,1H3/t14-/m1/s1. The average molecular weight is 268 g/mol. The van der Waals surface area contributed by atoms with Gasteiger partial charge in [-0.15, -0.1) is 0 Å². The number of methoxy groups -OCH3 is 1. The summed E-state index contributed by atoms with van der Waals surface area (Å²) in [7, 11) is 1.60. The minimum absolute atomic E-state index is 0.165. The van der Waals surface area contributed by atoms with Crippen LogP contribution in [0.3, 0.4) is 0 Å². The Balaban J connectivity index is 1.96. The van der Waals surface area contributed by atoms with Crippen LogP contribution in [0.1, 0.15) is 23.5 Å². The van der Waals surface area contributed by atoms with Crippen molar-refractivity contribution in [2.75, 3.05) is 7.11 Å². The first kappa shape index (κ1) is 12.7. The third kappa shape index (κ3) is 2.52. The third-order valence-corrected chi connectivity index (χ3v) is 3.65. The number of benzene rings is 2. The van der Waals surface area contributed by atoms with Crippen molar-refractivity contribution in [1.82, 2.24) is 0 Å². The van der Waals surface area contributed by atoms with E-state index < -0.39 is 0 Å². The molecule has 0 fully saturated rings. The molecule has 0 aliphatic carbocycles. The molecule has 0 bridgehead atoms. The summed E-state index contributed by atoms with van der Waals surface area (Å²) in [4.78, 5) is 12.0. The highest BCUT2D eigenvalue weighted by Crippen LogP contribution is 2.34. The summed E-state index contributed by atoms with van der Waals surface area (Å²) in [6, 6.07) is 15.8. The number of fused-ring (bicyclic) bond motifs is 1. The van der Waals surface area contributed by atoms with Crippen molar-refractivity contribution < 1.29 is 14.3 Å². The second-order valence-electron chi connectivity index (χ2n) is 4.96. The lowest BCUT2D eigenvalue weighted by molar-refractivity contribution is -0.134. The Morgan fingerprint density at radius 1 is 1.10 bits per heavy atom. The molecule has 2 aromatic carbocycles. The van der Waals surface area contributed by atoms with Crippen LogP contribution in [0.4, 0.5) is 0 Å². The van der Waals surface area contributed by atoms with Crippen molar-refractivity contribution in [2.45, 2.75) is 18.8 Å². The molecule has 1 heterocycles. The van der Waals surface area contributed by atoms with Crippen LogP contribution >= 0.6 is 0 Å². The zero-order valence-corrected chi connectivity index (χ0v) is 11.3. The maximum atomic E-state index is 12.0. The monoisotopic (exact) mass is 268 g/mol. The van der Waals surface area contributed by atoms with Crippen LogP contribution in [0.25, 0.3) is 0 Å². The van der Waals surface area contributed by atoms with E-state index >= 15 is 0 Å². The van der Waals surface area contributed by atoms with Gasteiger partial charge in [0.2, 0.25) is 0 Å². The predicted octanol–water partition coefficient (Wildman–Crippen LogP) is 3.33. The Labute approximate surface area is 118 Å². The summed E-state index contributed by atoms with van der Waals surface area (Å²) in [5.41, 5.74) is 2.22. The normalized spacial score (nSPS) is 17.9. The summed E-state index contributed by atoms with van der Waals surface area (Å²) in [6.07, 6.45) is 1.20. The molecule has 1 aliphatic heterocycles. The Kier molecular flexibility index (Phi) is 3.42. The zero-order chi connectivity index (χ0) is 13.9. The fourth-order valence-electron chi connectivity index (χ4n) is 2.59. The van der Waals surface area contributed by atoms with Gasteiger partial charge >= 0.3 is 5.97 Å². The van der Waals surface area contributed by atoms with Gasteiger partial charge in [0.15, 0.2) is 0 Å². The van der Waals surface area contributed by atoms with Crippen molar-refractivity contribution in [3.63, 3.8) is 0 Å². The van der Waals surface area contributed by atoms with Crippen LogP contribution in [0.5, 0.6) is 11.5 Å². The van der Waals surface area contributed by atoms with E-state index in [1.165, 1.54) is 5.56 Å². The number of rotatable bonds is 2. The average Bonchev–Trinajstić information content (AvgIpc) is 2.65. The van der Waals surface area contributed by atoms with E-state index in [9.17, 15) is 4.79 Å². The molecule has 3 heteroatoms. The highest BCUT2D eigenvalue weighted by molar-refractivity contribution is 5.75. The Bertz CT molecular complexity index is 619. The van der Waals surface area contributed by atoms with E-state index in [1.54, 1.807) is 13.2 Å². The van der Waals surface area contributed by atoms with Gasteiger partial charge in [0.25, 0.3) is 0 Å². The molecule has 0 spiro atoms. The first-order chi connectivity index (χ1) is 9.76. The first-order valence-corrected chi connectivity index (χ1v) is 6.69. The summed E-state index contributed by atoms with van der Waals surface area (Å²) in [5, 5.41) is 0.